The first-order chi connectivity index (χ1) is 6.29. The van der Waals surface area contributed by atoms with Crippen LogP contribution in [-0.2, 0) is 0 Å². The molecule has 70 valence electrons. The Morgan fingerprint density at radius 3 is 2.77 bits per heavy atom. The zero-order valence-electron chi connectivity index (χ0n) is 7.42. The molecular formula is C10H11IO2. The van der Waals surface area contributed by atoms with Crippen LogP contribution in [0, 0.1) is 3.57 Å². The molecule has 0 radical (unpaired) electrons. The van der Waals surface area contributed by atoms with Gasteiger partial charge >= 0.3 is 0 Å². The Morgan fingerprint density at radius 1 is 1.46 bits per heavy atom. The van der Waals surface area contributed by atoms with Crippen LogP contribution < -0.4 is 9.47 Å². The van der Waals surface area contributed by atoms with Crippen LogP contribution in [0.5, 0.6) is 11.5 Å². The predicted octanol–water partition coefficient (Wildman–Crippen LogP) is 2.86. The zero-order valence-corrected chi connectivity index (χ0v) is 9.58. The van der Waals surface area contributed by atoms with Gasteiger partial charge in [-0.05, 0) is 34.7 Å². The zero-order chi connectivity index (χ0) is 9.68. The van der Waals surface area contributed by atoms with Gasteiger partial charge in [-0.15, -0.1) is 0 Å². The molecular weight excluding hydrogens is 279 g/mol. The third-order valence-electron chi connectivity index (χ3n) is 1.50. The van der Waals surface area contributed by atoms with E-state index in [1.54, 1.807) is 13.2 Å². The number of hydrogen-bond donors (Lipinski definition) is 0. The van der Waals surface area contributed by atoms with Crippen molar-refractivity contribution in [2.24, 2.45) is 0 Å². The van der Waals surface area contributed by atoms with Gasteiger partial charge in [0.15, 0.2) is 0 Å². The van der Waals surface area contributed by atoms with Crippen LogP contribution in [0.3, 0.4) is 0 Å². The van der Waals surface area contributed by atoms with Crippen LogP contribution in [0.15, 0.2) is 30.9 Å². The second kappa shape index (κ2) is 5.11. The Labute approximate surface area is 91.7 Å². The van der Waals surface area contributed by atoms with Gasteiger partial charge < -0.3 is 9.47 Å². The van der Waals surface area contributed by atoms with Crippen molar-refractivity contribution in [3.8, 4) is 11.5 Å². The molecule has 0 saturated carbocycles. The van der Waals surface area contributed by atoms with Crippen LogP contribution in [0.25, 0.3) is 0 Å². The molecule has 0 unspecified atom stereocenters. The van der Waals surface area contributed by atoms with Crippen molar-refractivity contribution < 1.29 is 9.47 Å². The largest absolute Gasteiger partial charge is 0.496 e. The van der Waals surface area contributed by atoms with Crippen molar-refractivity contribution in [3.05, 3.63) is 34.4 Å². The molecule has 2 nitrogen and oxygen atoms in total. The first kappa shape index (κ1) is 10.4. The number of hydrogen-bond acceptors (Lipinski definition) is 2. The standard InChI is InChI=1S/C10H11IO2/c1-3-7-13-9-6-4-5-8(12-2)10(9)11/h3-6H,1,7H2,2H3. The van der Waals surface area contributed by atoms with Crippen LogP contribution >= 0.6 is 22.6 Å². The fourth-order valence-electron chi connectivity index (χ4n) is 0.908. The lowest BCUT2D eigenvalue weighted by atomic mass is 10.3. The lowest BCUT2D eigenvalue weighted by Crippen LogP contribution is -1.96. The van der Waals surface area contributed by atoms with E-state index in [0.29, 0.717) is 6.61 Å². The smallest absolute Gasteiger partial charge is 0.136 e. The van der Waals surface area contributed by atoms with Gasteiger partial charge in [-0.2, -0.15) is 0 Å². The molecule has 0 aromatic heterocycles. The van der Waals surface area contributed by atoms with Gasteiger partial charge in [0.25, 0.3) is 0 Å². The molecule has 0 aliphatic carbocycles. The minimum absolute atomic E-state index is 0.517. The van der Waals surface area contributed by atoms with Crippen molar-refractivity contribution in [1.82, 2.24) is 0 Å². The topological polar surface area (TPSA) is 18.5 Å². The summed E-state index contributed by atoms with van der Waals surface area (Å²) in [7, 11) is 1.65. The van der Waals surface area contributed by atoms with E-state index in [1.165, 1.54) is 0 Å². The minimum atomic E-state index is 0.517. The van der Waals surface area contributed by atoms with Crippen molar-refractivity contribution in [2.45, 2.75) is 0 Å². The molecule has 1 aromatic rings. The van der Waals surface area contributed by atoms with Gasteiger partial charge in [0.05, 0.1) is 10.7 Å². The van der Waals surface area contributed by atoms with E-state index in [2.05, 4.69) is 29.2 Å². The number of benzene rings is 1. The third-order valence-corrected chi connectivity index (χ3v) is 2.57. The molecule has 1 rings (SSSR count). The van der Waals surface area contributed by atoms with E-state index in [-0.39, 0.29) is 0 Å². The van der Waals surface area contributed by atoms with E-state index in [4.69, 9.17) is 9.47 Å². The normalized spacial score (nSPS) is 9.38. The van der Waals surface area contributed by atoms with Crippen molar-refractivity contribution in [2.75, 3.05) is 13.7 Å². The van der Waals surface area contributed by atoms with Crippen LogP contribution in [0.2, 0.25) is 0 Å². The summed E-state index contributed by atoms with van der Waals surface area (Å²) < 4.78 is 11.6. The summed E-state index contributed by atoms with van der Waals surface area (Å²) in [6, 6.07) is 5.72. The van der Waals surface area contributed by atoms with Gasteiger partial charge in [0.2, 0.25) is 0 Å². The molecule has 0 amide bonds. The Hall–Kier alpha value is -0.710. The summed E-state index contributed by atoms with van der Waals surface area (Å²) in [5.41, 5.74) is 0. The van der Waals surface area contributed by atoms with Gasteiger partial charge in [0, 0.05) is 0 Å². The molecule has 0 aliphatic rings. The fraction of sp³-hybridized carbons (Fsp3) is 0.200. The highest BCUT2D eigenvalue weighted by molar-refractivity contribution is 14.1. The van der Waals surface area contributed by atoms with E-state index in [1.807, 2.05) is 18.2 Å². The highest BCUT2D eigenvalue weighted by Crippen LogP contribution is 2.29. The summed E-state index contributed by atoms with van der Waals surface area (Å²) in [4.78, 5) is 0. The molecule has 0 saturated heterocycles. The molecule has 0 spiro atoms. The minimum Gasteiger partial charge on any atom is -0.496 e. The quantitative estimate of drug-likeness (QED) is 0.627. The monoisotopic (exact) mass is 290 g/mol. The highest BCUT2D eigenvalue weighted by atomic mass is 127. The van der Waals surface area contributed by atoms with Crippen molar-refractivity contribution >= 4 is 22.6 Å². The van der Waals surface area contributed by atoms with E-state index >= 15 is 0 Å². The Kier molecular flexibility index (Phi) is 4.08. The second-order valence-corrected chi connectivity index (χ2v) is 3.45. The van der Waals surface area contributed by atoms with Crippen molar-refractivity contribution in [3.63, 3.8) is 0 Å². The average Bonchev–Trinajstić information content (AvgIpc) is 2.16. The Bertz CT molecular complexity index is 297. The summed E-state index contributed by atoms with van der Waals surface area (Å²) in [6.07, 6.45) is 1.72. The molecule has 1 aromatic carbocycles. The number of ether oxygens (including phenoxy) is 2. The number of rotatable bonds is 4. The van der Waals surface area contributed by atoms with Gasteiger partial charge in [-0.25, -0.2) is 0 Å². The van der Waals surface area contributed by atoms with Crippen molar-refractivity contribution in [1.29, 1.82) is 0 Å². The SMILES string of the molecule is C=CCOc1cccc(OC)c1I. The lowest BCUT2D eigenvalue weighted by Gasteiger charge is -2.08. The summed E-state index contributed by atoms with van der Waals surface area (Å²) in [6.45, 7) is 4.11. The van der Waals surface area contributed by atoms with Crippen LogP contribution in [-0.4, -0.2) is 13.7 Å². The lowest BCUT2D eigenvalue weighted by molar-refractivity contribution is 0.353. The van der Waals surface area contributed by atoms with Gasteiger partial charge in [-0.1, -0.05) is 18.7 Å². The van der Waals surface area contributed by atoms with Gasteiger partial charge in [0.1, 0.15) is 18.1 Å². The maximum absolute atomic E-state index is 5.42. The molecule has 13 heavy (non-hydrogen) atoms. The van der Waals surface area contributed by atoms with E-state index in [0.717, 1.165) is 15.1 Å². The fourth-order valence-corrected chi connectivity index (χ4v) is 1.64. The summed E-state index contributed by atoms with van der Waals surface area (Å²) in [5, 5.41) is 0. The molecule has 0 N–H and O–H groups in total. The first-order valence-corrected chi connectivity index (χ1v) is 4.93. The Morgan fingerprint density at radius 2 is 2.15 bits per heavy atom. The molecule has 0 bridgehead atoms. The van der Waals surface area contributed by atoms with Crippen LogP contribution in [0.1, 0.15) is 0 Å². The van der Waals surface area contributed by atoms with E-state index < -0.39 is 0 Å². The highest BCUT2D eigenvalue weighted by Gasteiger charge is 2.05. The number of methoxy groups -OCH3 is 1. The third kappa shape index (κ3) is 2.62. The maximum atomic E-state index is 5.42. The molecule has 0 fully saturated rings. The summed E-state index contributed by atoms with van der Waals surface area (Å²) >= 11 is 2.20. The first-order valence-electron chi connectivity index (χ1n) is 3.85. The molecule has 0 heterocycles. The molecule has 3 heteroatoms. The number of halogens is 1. The van der Waals surface area contributed by atoms with Gasteiger partial charge in [-0.3, -0.25) is 0 Å². The average molecular weight is 290 g/mol. The Balaban J connectivity index is 2.87. The molecule has 0 atom stereocenters. The molecule has 0 aliphatic heterocycles. The second-order valence-electron chi connectivity index (χ2n) is 2.37. The predicted molar refractivity (Wildman–Crippen MR) is 61.4 cm³/mol. The van der Waals surface area contributed by atoms with Crippen LogP contribution in [0.4, 0.5) is 0 Å². The summed E-state index contributed by atoms with van der Waals surface area (Å²) in [5.74, 6) is 1.67. The maximum Gasteiger partial charge on any atom is 0.136 e. The van der Waals surface area contributed by atoms with E-state index in [9.17, 15) is 0 Å².